The van der Waals surface area contributed by atoms with Gasteiger partial charge in [-0.3, -0.25) is 4.79 Å². The van der Waals surface area contributed by atoms with Crippen molar-refractivity contribution >= 4 is 18.0 Å². The van der Waals surface area contributed by atoms with Crippen LogP contribution < -0.4 is 0 Å². The van der Waals surface area contributed by atoms with E-state index < -0.39 is 47.2 Å². The van der Waals surface area contributed by atoms with Gasteiger partial charge in [-0.05, 0) is 24.1 Å². The number of carbonyl (C=O) groups is 3. The highest BCUT2D eigenvalue weighted by Crippen LogP contribution is 2.38. The number of carboxylic acid groups (broad SMARTS) is 2. The molecule has 0 saturated carbocycles. The molecule has 0 radical (unpaired) electrons. The summed E-state index contributed by atoms with van der Waals surface area (Å²) in [6, 6.07) is 2.35. The van der Waals surface area contributed by atoms with Crippen molar-refractivity contribution in [3.05, 3.63) is 34.9 Å². The number of alkyl halides is 3. The fourth-order valence-electron chi connectivity index (χ4n) is 3.08. The first kappa shape index (κ1) is 19.5. The predicted octanol–water partition coefficient (Wildman–Crippen LogP) is 2.66. The Bertz CT molecular complexity index is 733. The summed E-state index contributed by atoms with van der Waals surface area (Å²) in [5.41, 5.74) is -1.49. The van der Waals surface area contributed by atoms with Crippen LogP contribution in [0.3, 0.4) is 0 Å². The van der Waals surface area contributed by atoms with Gasteiger partial charge in [0.15, 0.2) is 0 Å². The van der Waals surface area contributed by atoms with Gasteiger partial charge < -0.3 is 19.8 Å². The largest absolute Gasteiger partial charge is 0.481 e. The van der Waals surface area contributed by atoms with Gasteiger partial charge in [-0.25, -0.2) is 9.59 Å². The minimum atomic E-state index is -4.70. The third-order valence-electron chi connectivity index (χ3n) is 4.39. The molecular weight excluding hydrogens is 359 g/mol. The van der Waals surface area contributed by atoms with E-state index in [-0.39, 0.29) is 25.1 Å². The highest BCUT2D eigenvalue weighted by Gasteiger charge is 2.40. The van der Waals surface area contributed by atoms with Gasteiger partial charge >= 0.3 is 24.2 Å². The van der Waals surface area contributed by atoms with Crippen molar-refractivity contribution in [1.29, 1.82) is 0 Å². The number of likely N-dealkylation sites (tertiary alicyclic amines) is 1. The topological polar surface area (TPSA) is 104 Å². The van der Waals surface area contributed by atoms with Gasteiger partial charge in [-0.15, -0.1) is 0 Å². The molecule has 7 nitrogen and oxygen atoms in total. The number of esters is 1. The van der Waals surface area contributed by atoms with Gasteiger partial charge in [-0.1, -0.05) is 6.07 Å². The van der Waals surface area contributed by atoms with Crippen molar-refractivity contribution < 1.29 is 42.5 Å². The van der Waals surface area contributed by atoms with Crippen molar-refractivity contribution in [2.24, 2.45) is 5.92 Å². The lowest BCUT2D eigenvalue weighted by Gasteiger charge is -2.36. The molecule has 2 rings (SSSR count). The number of carbonyl (C=O) groups excluding carboxylic acids is 1. The second-order valence-corrected chi connectivity index (χ2v) is 5.86. The minimum absolute atomic E-state index is 0.0169. The molecule has 1 heterocycles. The molecule has 2 atom stereocenters. The number of nitrogens with zero attached hydrogens (tertiary/aromatic N) is 1. The fraction of sp³-hybridized carbons (Fsp3) is 0.438. The first-order valence-electron chi connectivity index (χ1n) is 7.56. The van der Waals surface area contributed by atoms with Crippen LogP contribution in [-0.2, 0) is 15.7 Å². The van der Waals surface area contributed by atoms with E-state index in [1.165, 1.54) is 0 Å². The number of amides is 1. The van der Waals surface area contributed by atoms with Crippen molar-refractivity contribution in [2.45, 2.75) is 18.5 Å². The van der Waals surface area contributed by atoms with Crippen LogP contribution in [0.4, 0.5) is 18.0 Å². The third-order valence-corrected chi connectivity index (χ3v) is 4.39. The first-order valence-corrected chi connectivity index (χ1v) is 7.56. The van der Waals surface area contributed by atoms with Crippen molar-refractivity contribution in [3.8, 4) is 0 Å². The molecule has 0 aromatic heterocycles. The number of piperidine rings is 1. The number of hydrogen-bond acceptors (Lipinski definition) is 4. The number of ether oxygens (including phenoxy) is 1. The van der Waals surface area contributed by atoms with Crippen molar-refractivity contribution in [3.63, 3.8) is 0 Å². The monoisotopic (exact) mass is 375 g/mol. The van der Waals surface area contributed by atoms with E-state index in [1.807, 2.05) is 0 Å². The molecule has 1 aliphatic heterocycles. The Morgan fingerprint density at radius 3 is 2.38 bits per heavy atom. The summed E-state index contributed by atoms with van der Waals surface area (Å²) in [4.78, 5) is 35.7. The number of benzene rings is 1. The molecule has 2 N–H and O–H groups in total. The highest BCUT2D eigenvalue weighted by atomic mass is 19.4. The van der Waals surface area contributed by atoms with Gasteiger partial charge in [-0.2, -0.15) is 13.2 Å². The molecule has 1 amide bonds. The minimum Gasteiger partial charge on any atom is -0.481 e. The molecule has 26 heavy (non-hydrogen) atoms. The lowest BCUT2D eigenvalue weighted by Crippen LogP contribution is -2.44. The first-order chi connectivity index (χ1) is 12.1. The predicted molar refractivity (Wildman–Crippen MR) is 80.9 cm³/mol. The van der Waals surface area contributed by atoms with E-state index in [9.17, 15) is 32.7 Å². The fourth-order valence-corrected chi connectivity index (χ4v) is 3.08. The average Bonchev–Trinajstić information content (AvgIpc) is 2.59. The summed E-state index contributed by atoms with van der Waals surface area (Å²) >= 11 is 0. The van der Waals surface area contributed by atoms with Gasteiger partial charge in [0.25, 0.3) is 0 Å². The van der Waals surface area contributed by atoms with E-state index in [2.05, 4.69) is 4.74 Å². The molecule has 10 heteroatoms. The molecule has 1 aromatic rings. The number of halogens is 3. The SMILES string of the molecule is COC(=O)c1cc(C(F)(F)F)ccc1C1CN(C(=O)O)CCC1C(=O)O. The lowest BCUT2D eigenvalue weighted by atomic mass is 9.78. The van der Waals surface area contributed by atoms with Crippen LogP contribution >= 0.6 is 0 Å². The van der Waals surface area contributed by atoms with Crippen LogP contribution in [0, 0.1) is 5.92 Å². The molecule has 0 aliphatic carbocycles. The normalized spacial score (nSPS) is 20.5. The van der Waals surface area contributed by atoms with Crippen LogP contribution in [0.5, 0.6) is 0 Å². The van der Waals surface area contributed by atoms with Crippen molar-refractivity contribution in [2.75, 3.05) is 20.2 Å². The Hall–Kier alpha value is -2.78. The summed E-state index contributed by atoms with van der Waals surface area (Å²) in [6.45, 7) is -0.265. The number of rotatable bonds is 3. The maximum Gasteiger partial charge on any atom is 0.416 e. The molecule has 142 valence electrons. The Labute approximate surface area is 146 Å². The standard InChI is InChI=1S/C16H16F3NO6/c1-26-14(23)11-6-8(16(17,18)19)2-3-9(11)12-7-20(15(24)25)5-4-10(12)13(21)22/h2-3,6,10,12H,4-5,7H2,1H3,(H,21,22)(H,24,25). The maximum atomic E-state index is 12.9. The Kier molecular flexibility index (Phi) is 5.43. The number of aliphatic carboxylic acids is 1. The zero-order chi connectivity index (χ0) is 19.6. The Morgan fingerprint density at radius 1 is 1.23 bits per heavy atom. The van der Waals surface area contributed by atoms with Crippen LogP contribution in [-0.4, -0.2) is 53.3 Å². The van der Waals surface area contributed by atoms with Crippen LogP contribution in [0.25, 0.3) is 0 Å². The quantitative estimate of drug-likeness (QED) is 0.787. The summed E-state index contributed by atoms with van der Waals surface area (Å²) in [6.07, 6.45) is -5.99. The van der Waals surface area contributed by atoms with E-state index >= 15 is 0 Å². The molecule has 0 bridgehead atoms. The molecular formula is C16H16F3NO6. The second kappa shape index (κ2) is 7.22. The molecule has 1 aliphatic rings. The Balaban J connectivity index is 2.56. The summed E-state index contributed by atoms with van der Waals surface area (Å²) in [7, 11) is 0.992. The van der Waals surface area contributed by atoms with Crippen LogP contribution in [0.2, 0.25) is 0 Å². The number of carboxylic acids is 1. The molecule has 0 spiro atoms. The second-order valence-electron chi connectivity index (χ2n) is 5.86. The smallest absolute Gasteiger partial charge is 0.416 e. The van der Waals surface area contributed by atoms with E-state index in [4.69, 9.17) is 5.11 Å². The van der Waals surface area contributed by atoms with Gasteiger partial charge in [0.2, 0.25) is 0 Å². The number of methoxy groups -OCH3 is 1. The van der Waals surface area contributed by atoms with Gasteiger partial charge in [0.05, 0.1) is 24.2 Å². The molecule has 1 aromatic carbocycles. The molecule has 1 fully saturated rings. The van der Waals surface area contributed by atoms with E-state index in [1.54, 1.807) is 0 Å². The third kappa shape index (κ3) is 3.89. The summed E-state index contributed by atoms with van der Waals surface area (Å²) in [5.74, 6) is -4.28. The summed E-state index contributed by atoms with van der Waals surface area (Å²) in [5, 5.41) is 18.5. The molecule has 2 unspecified atom stereocenters. The van der Waals surface area contributed by atoms with Gasteiger partial charge in [0.1, 0.15) is 0 Å². The number of hydrogen-bond donors (Lipinski definition) is 2. The lowest BCUT2D eigenvalue weighted by molar-refractivity contribution is -0.144. The van der Waals surface area contributed by atoms with Gasteiger partial charge in [0, 0.05) is 19.0 Å². The zero-order valence-electron chi connectivity index (χ0n) is 13.6. The summed E-state index contributed by atoms with van der Waals surface area (Å²) < 4.78 is 43.4. The molecule has 1 saturated heterocycles. The van der Waals surface area contributed by atoms with Crippen LogP contribution in [0.1, 0.15) is 33.8 Å². The van der Waals surface area contributed by atoms with Crippen molar-refractivity contribution in [1.82, 2.24) is 4.90 Å². The Morgan fingerprint density at radius 2 is 1.88 bits per heavy atom. The zero-order valence-corrected chi connectivity index (χ0v) is 13.6. The average molecular weight is 375 g/mol. The van der Waals surface area contributed by atoms with E-state index in [0.717, 1.165) is 24.1 Å². The highest BCUT2D eigenvalue weighted by molar-refractivity contribution is 5.92. The van der Waals surface area contributed by atoms with E-state index in [0.29, 0.717) is 6.07 Å². The van der Waals surface area contributed by atoms with Crippen LogP contribution in [0.15, 0.2) is 18.2 Å². The maximum absolute atomic E-state index is 12.9.